The largest absolute Gasteiger partial charge is 0.495 e. The molecule has 0 bridgehead atoms. The van der Waals surface area contributed by atoms with E-state index in [2.05, 4.69) is 4.72 Å². The van der Waals surface area contributed by atoms with E-state index in [1.165, 1.54) is 37.3 Å². The molecule has 0 spiro atoms. The Balaban J connectivity index is 2.84. The molecule has 0 aliphatic carbocycles. The normalized spacial score (nSPS) is 11.6. The molecule has 0 heterocycles. The predicted molar refractivity (Wildman–Crippen MR) is 97.1 cm³/mol. The van der Waals surface area contributed by atoms with Gasteiger partial charge < -0.3 is 14.4 Å². The van der Waals surface area contributed by atoms with Gasteiger partial charge in [0.25, 0.3) is 5.91 Å². The Morgan fingerprint density at radius 3 is 2.50 bits per heavy atom. The number of hydrogen-bond donors (Lipinski definition) is 1. The van der Waals surface area contributed by atoms with Gasteiger partial charge in [0.1, 0.15) is 10.6 Å². The molecule has 0 fully saturated rings. The molecule has 0 atom stereocenters. The highest BCUT2D eigenvalue weighted by molar-refractivity contribution is 7.89. The number of methoxy groups -OCH3 is 1. The summed E-state index contributed by atoms with van der Waals surface area (Å²) >= 11 is 0. The van der Waals surface area contributed by atoms with E-state index in [1.807, 2.05) is 13.8 Å². The van der Waals surface area contributed by atoms with E-state index < -0.39 is 16.0 Å². The van der Waals surface area contributed by atoms with Crippen LogP contribution in [-0.2, 0) is 24.3 Å². The van der Waals surface area contributed by atoms with Crippen molar-refractivity contribution in [2.45, 2.75) is 24.8 Å². The maximum atomic E-state index is 12.0. The SMILES string of the molecule is CNS(=O)(=O)c1cc(/C=C/C(=O)OCC(=O)N(C)C(C)C)ccc1OC. The van der Waals surface area contributed by atoms with Crippen molar-refractivity contribution in [2.24, 2.45) is 0 Å². The molecular formula is C17H24N2O6S. The van der Waals surface area contributed by atoms with Crippen LogP contribution in [0.4, 0.5) is 0 Å². The van der Waals surface area contributed by atoms with Crippen LogP contribution in [0.5, 0.6) is 5.75 Å². The van der Waals surface area contributed by atoms with E-state index in [0.717, 1.165) is 6.08 Å². The summed E-state index contributed by atoms with van der Waals surface area (Å²) in [6.45, 7) is 3.33. The van der Waals surface area contributed by atoms with Crippen LogP contribution < -0.4 is 9.46 Å². The number of rotatable bonds is 8. The van der Waals surface area contributed by atoms with Crippen LogP contribution >= 0.6 is 0 Å². The summed E-state index contributed by atoms with van der Waals surface area (Å²) in [5.74, 6) is -0.834. The molecule has 0 aliphatic rings. The van der Waals surface area contributed by atoms with Gasteiger partial charge in [-0.3, -0.25) is 4.79 Å². The van der Waals surface area contributed by atoms with E-state index in [0.29, 0.717) is 5.56 Å². The average molecular weight is 384 g/mol. The molecule has 0 radical (unpaired) electrons. The van der Waals surface area contributed by atoms with Crippen LogP contribution in [-0.4, -0.2) is 59.0 Å². The first-order valence-corrected chi connectivity index (χ1v) is 9.32. The van der Waals surface area contributed by atoms with Gasteiger partial charge in [-0.1, -0.05) is 6.07 Å². The number of carbonyl (C=O) groups excluding carboxylic acids is 2. The smallest absolute Gasteiger partial charge is 0.331 e. The lowest BCUT2D eigenvalue weighted by Gasteiger charge is -2.20. The summed E-state index contributed by atoms with van der Waals surface area (Å²) in [5, 5.41) is 0. The van der Waals surface area contributed by atoms with Crippen LogP contribution in [0.2, 0.25) is 0 Å². The molecule has 1 aromatic rings. The van der Waals surface area contributed by atoms with Crippen LogP contribution in [0.25, 0.3) is 6.08 Å². The molecule has 0 saturated carbocycles. The minimum absolute atomic E-state index is 0.00332. The van der Waals surface area contributed by atoms with Gasteiger partial charge in [0, 0.05) is 19.2 Å². The summed E-state index contributed by atoms with van der Waals surface area (Å²) in [6, 6.07) is 4.45. The Bertz CT molecular complexity index is 786. The van der Waals surface area contributed by atoms with Crippen LogP contribution in [0, 0.1) is 0 Å². The van der Waals surface area contributed by atoms with Crippen molar-refractivity contribution >= 4 is 28.0 Å². The molecule has 0 aliphatic heterocycles. The fourth-order valence-electron chi connectivity index (χ4n) is 1.85. The maximum Gasteiger partial charge on any atom is 0.331 e. The zero-order valence-electron chi connectivity index (χ0n) is 15.5. The minimum atomic E-state index is -3.72. The van der Waals surface area contributed by atoms with Gasteiger partial charge in [-0.05, 0) is 44.7 Å². The maximum absolute atomic E-state index is 12.0. The Labute approximate surface area is 153 Å². The summed E-state index contributed by atoms with van der Waals surface area (Å²) in [5.41, 5.74) is 0.460. The summed E-state index contributed by atoms with van der Waals surface area (Å²) in [6.07, 6.45) is 2.52. The molecule has 1 N–H and O–H groups in total. The predicted octanol–water partition coefficient (Wildman–Crippen LogP) is 1.03. The lowest BCUT2D eigenvalue weighted by atomic mass is 10.2. The first-order chi connectivity index (χ1) is 12.1. The second-order valence-electron chi connectivity index (χ2n) is 5.66. The zero-order valence-corrected chi connectivity index (χ0v) is 16.3. The summed E-state index contributed by atoms with van der Waals surface area (Å²) in [7, 11) is 0.561. The number of nitrogens with zero attached hydrogens (tertiary/aromatic N) is 1. The van der Waals surface area contributed by atoms with E-state index >= 15 is 0 Å². The first-order valence-electron chi connectivity index (χ1n) is 7.84. The summed E-state index contributed by atoms with van der Waals surface area (Å²) in [4.78, 5) is 24.9. The van der Waals surface area contributed by atoms with E-state index in [4.69, 9.17) is 9.47 Å². The molecule has 8 nitrogen and oxygen atoms in total. The number of sulfonamides is 1. The fraction of sp³-hybridized carbons (Fsp3) is 0.412. The lowest BCUT2D eigenvalue weighted by Crippen LogP contribution is -2.36. The van der Waals surface area contributed by atoms with Crippen molar-refractivity contribution in [3.8, 4) is 5.75 Å². The zero-order chi connectivity index (χ0) is 19.9. The van der Waals surface area contributed by atoms with Gasteiger partial charge in [-0.15, -0.1) is 0 Å². The Hall–Kier alpha value is -2.39. The van der Waals surface area contributed by atoms with Crippen LogP contribution in [0.1, 0.15) is 19.4 Å². The van der Waals surface area contributed by atoms with E-state index in [-0.39, 0.29) is 29.2 Å². The third kappa shape index (κ3) is 5.85. The van der Waals surface area contributed by atoms with Crippen LogP contribution in [0.15, 0.2) is 29.2 Å². The number of hydrogen-bond acceptors (Lipinski definition) is 6. The van der Waals surface area contributed by atoms with Crippen molar-refractivity contribution < 1.29 is 27.5 Å². The van der Waals surface area contributed by atoms with Gasteiger partial charge in [0.05, 0.1) is 7.11 Å². The second-order valence-corrected chi connectivity index (χ2v) is 7.51. The summed E-state index contributed by atoms with van der Waals surface area (Å²) < 4.78 is 36.2. The number of benzene rings is 1. The highest BCUT2D eigenvalue weighted by Gasteiger charge is 2.18. The molecule has 26 heavy (non-hydrogen) atoms. The van der Waals surface area contributed by atoms with Crippen molar-refractivity contribution in [1.82, 2.24) is 9.62 Å². The first kappa shape index (κ1) is 21.7. The monoisotopic (exact) mass is 384 g/mol. The molecule has 1 amide bonds. The Morgan fingerprint density at radius 2 is 1.96 bits per heavy atom. The number of amides is 1. The highest BCUT2D eigenvalue weighted by atomic mass is 32.2. The van der Waals surface area contributed by atoms with Gasteiger partial charge in [0.2, 0.25) is 10.0 Å². The van der Waals surface area contributed by atoms with Gasteiger partial charge in [0.15, 0.2) is 6.61 Å². The quantitative estimate of drug-likeness (QED) is 0.530. The van der Waals surface area contributed by atoms with Crippen LogP contribution in [0.3, 0.4) is 0 Å². The molecule has 0 unspecified atom stereocenters. The van der Waals surface area contributed by atoms with Gasteiger partial charge in [-0.2, -0.15) is 0 Å². The Morgan fingerprint density at radius 1 is 1.31 bits per heavy atom. The number of ether oxygens (including phenoxy) is 2. The standard InChI is InChI=1S/C17H24N2O6S/c1-12(2)19(4)16(20)11-25-17(21)9-7-13-6-8-14(24-5)15(10-13)26(22,23)18-3/h6-10,12,18H,11H2,1-5H3/b9-7+. The van der Waals surface area contributed by atoms with Crippen molar-refractivity contribution in [1.29, 1.82) is 0 Å². The minimum Gasteiger partial charge on any atom is -0.495 e. The third-order valence-electron chi connectivity index (χ3n) is 3.66. The molecule has 1 aromatic carbocycles. The molecule has 0 aromatic heterocycles. The van der Waals surface area contributed by atoms with Gasteiger partial charge in [-0.25, -0.2) is 17.9 Å². The molecular weight excluding hydrogens is 360 g/mol. The Kier molecular flexibility index (Phi) is 7.78. The highest BCUT2D eigenvalue weighted by Crippen LogP contribution is 2.25. The van der Waals surface area contributed by atoms with Crippen molar-refractivity contribution in [3.63, 3.8) is 0 Å². The van der Waals surface area contributed by atoms with Crippen molar-refractivity contribution in [3.05, 3.63) is 29.8 Å². The number of likely N-dealkylation sites (N-methyl/N-ethyl adjacent to an activating group) is 1. The lowest BCUT2D eigenvalue weighted by molar-refractivity contribution is -0.148. The molecule has 1 rings (SSSR count). The second kappa shape index (κ2) is 9.35. The number of carbonyl (C=O) groups is 2. The fourth-order valence-corrected chi connectivity index (χ4v) is 2.78. The van der Waals surface area contributed by atoms with E-state index in [1.54, 1.807) is 13.1 Å². The number of esters is 1. The third-order valence-corrected chi connectivity index (χ3v) is 5.10. The molecule has 0 saturated heterocycles. The van der Waals surface area contributed by atoms with Gasteiger partial charge >= 0.3 is 5.97 Å². The molecule has 144 valence electrons. The number of nitrogens with one attached hydrogen (secondary N) is 1. The van der Waals surface area contributed by atoms with Crippen molar-refractivity contribution in [2.75, 3.05) is 27.8 Å². The average Bonchev–Trinajstić information content (AvgIpc) is 2.63. The topological polar surface area (TPSA) is 102 Å². The molecule has 9 heteroatoms. The van der Waals surface area contributed by atoms with E-state index in [9.17, 15) is 18.0 Å².